The van der Waals surface area contributed by atoms with Crippen LogP contribution in [0.25, 0.3) is 10.6 Å². The number of hydrogen-bond donors (Lipinski definition) is 2. The minimum absolute atomic E-state index is 0.0512. The topological polar surface area (TPSA) is 57.8 Å². The van der Waals surface area contributed by atoms with E-state index in [1.807, 2.05) is 54.8 Å². The maximum Gasteiger partial charge on any atom is 0.251 e. The van der Waals surface area contributed by atoms with Gasteiger partial charge in [0.2, 0.25) is 0 Å². The number of nitrogens with one attached hydrogen (secondary N) is 2. The lowest BCUT2D eigenvalue weighted by atomic mass is 10.0. The van der Waals surface area contributed by atoms with E-state index >= 15 is 0 Å². The SMILES string of the molecule is CCc1ccccc1C(=O)NCc1cc(-c2cccs2)n[nH]1. The molecular weight excluding hydrogens is 294 g/mol. The van der Waals surface area contributed by atoms with Crippen LogP contribution in [0.4, 0.5) is 0 Å². The van der Waals surface area contributed by atoms with E-state index in [0.29, 0.717) is 6.54 Å². The first-order valence-electron chi connectivity index (χ1n) is 7.22. The van der Waals surface area contributed by atoms with Gasteiger partial charge in [0.25, 0.3) is 5.91 Å². The molecule has 0 saturated heterocycles. The molecule has 4 nitrogen and oxygen atoms in total. The molecule has 0 saturated carbocycles. The van der Waals surface area contributed by atoms with Gasteiger partial charge in [-0.05, 0) is 35.6 Å². The van der Waals surface area contributed by atoms with Crippen LogP contribution in [0.5, 0.6) is 0 Å². The third-order valence-corrected chi connectivity index (χ3v) is 4.38. The second kappa shape index (κ2) is 6.58. The molecule has 0 spiro atoms. The highest BCUT2D eigenvalue weighted by Gasteiger charge is 2.10. The van der Waals surface area contributed by atoms with Gasteiger partial charge in [-0.15, -0.1) is 11.3 Å². The summed E-state index contributed by atoms with van der Waals surface area (Å²) in [6, 6.07) is 13.7. The second-order valence-corrected chi connectivity index (χ2v) is 5.90. The van der Waals surface area contributed by atoms with Crippen LogP contribution in [-0.2, 0) is 13.0 Å². The van der Waals surface area contributed by atoms with Gasteiger partial charge in [0.1, 0.15) is 5.69 Å². The Bertz CT molecular complexity index is 762. The van der Waals surface area contributed by atoms with Crippen molar-refractivity contribution in [3.8, 4) is 10.6 Å². The van der Waals surface area contributed by atoms with Crippen molar-refractivity contribution in [2.75, 3.05) is 0 Å². The first-order chi connectivity index (χ1) is 10.8. The summed E-state index contributed by atoms with van der Waals surface area (Å²) in [4.78, 5) is 13.4. The zero-order chi connectivity index (χ0) is 15.4. The van der Waals surface area contributed by atoms with Gasteiger partial charge in [-0.25, -0.2) is 0 Å². The van der Waals surface area contributed by atoms with Gasteiger partial charge in [-0.1, -0.05) is 31.2 Å². The van der Waals surface area contributed by atoms with Gasteiger partial charge < -0.3 is 5.32 Å². The summed E-state index contributed by atoms with van der Waals surface area (Å²) in [6.45, 7) is 2.49. The third kappa shape index (κ3) is 3.09. The fraction of sp³-hybridized carbons (Fsp3) is 0.176. The van der Waals surface area contributed by atoms with E-state index in [2.05, 4.69) is 15.5 Å². The van der Waals surface area contributed by atoms with Crippen molar-refractivity contribution in [1.29, 1.82) is 0 Å². The highest BCUT2D eigenvalue weighted by atomic mass is 32.1. The summed E-state index contributed by atoms with van der Waals surface area (Å²) in [5.41, 5.74) is 3.60. The van der Waals surface area contributed by atoms with Crippen LogP contribution >= 0.6 is 11.3 Å². The second-order valence-electron chi connectivity index (χ2n) is 4.95. The Morgan fingerprint density at radius 2 is 2.14 bits per heavy atom. The number of aryl methyl sites for hydroxylation is 1. The minimum atomic E-state index is -0.0512. The van der Waals surface area contributed by atoms with E-state index < -0.39 is 0 Å². The highest BCUT2D eigenvalue weighted by Crippen LogP contribution is 2.22. The van der Waals surface area contributed by atoms with Crippen LogP contribution in [0.1, 0.15) is 28.5 Å². The van der Waals surface area contributed by atoms with E-state index in [-0.39, 0.29) is 5.91 Å². The van der Waals surface area contributed by atoms with Crippen LogP contribution in [0, 0.1) is 0 Å². The van der Waals surface area contributed by atoms with Gasteiger partial charge in [-0.2, -0.15) is 5.10 Å². The fourth-order valence-corrected chi connectivity index (χ4v) is 3.01. The number of rotatable bonds is 5. The van der Waals surface area contributed by atoms with E-state index in [1.165, 1.54) is 0 Å². The predicted molar refractivity (Wildman–Crippen MR) is 88.9 cm³/mol. The van der Waals surface area contributed by atoms with Crippen molar-refractivity contribution in [1.82, 2.24) is 15.5 Å². The Hall–Kier alpha value is -2.40. The molecule has 2 heterocycles. The first kappa shape index (κ1) is 14.5. The van der Waals surface area contributed by atoms with Gasteiger partial charge in [-0.3, -0.25) is 9.89 Å². The molecule has 0 aliphatic heterocycles. The molecule has 2 aromatic heterocycles. The molecule has 3 rings (SSSR count). The lowest BCUT2D eigenvalue weighted by Gasteiger charge is -2.07. The van der Waals surface area contributed by atoms with E-state index in [9.17, 15) is 4.79 Å². The molecule has 3 aromatic rings. The number of hydrogen-bond acceptors (Lipinski definition) is 3. The van der Waals surface area contributed by atoms with Crippen molar-refractivity contribution in [3.63, 3.8) is 0 Å². The van der Waals surface area contributed by atoms with Crippen molar-refractivity contribution >= 4 is 17.2 Å². The van der Waals surface area contributed by atoms with Crippen LogP contribution in [0.2, 0.25) is 0 Å². The lowest BCUT2D eigenvalue weighted by Crippen LogP contribution is -2.24. The number of amides is 1. The molecule has 1 amide bonds. The van der Waals surface area contributed by atoms with Crippen LogP contribution in [-0.4, -0.2) is 16.1 Å². The molecular formula is C17H17N3OS. The number of H-pyrrole nitrogens is 1. The Kier molecular flexibility index (Phi) is 4.34. The van der Waals surface area contributed by atoms with E-state index in [0.717, 1.165) is 33.8 Å². The standard InChI is InChI=1S/C17H17N3OS/c1-2-12-6-3-4-7-14(12)17(21)18-11-13-10-15(20-19-13)16-8-5-9-22-16/h3-10H,2,11H2,1H3,(H,18,21)(H,19,20). The molecule has 2 N–H and O–H groups in total. The zero-order valence-corrected chi connectivity index (χ0v) is 13.1. The molecule has 0 atom stereocenters. The minimum Gasteiger partial charge on any atom is -0.346 e. The van der Waals surface area contributed by atoms with Crippen LogP contribution in [0.3, 0.4) is 0 Å². The Morgan fingerprint density at radius 1 is 1.27 bits per heavy atom. The van der Waals surface area contributed by atoms with E-state index in [4.69, 9.17) is 0 Å². The van der Waals surface area contributed by atoms with Crippen molar-refractivity contribution in [2.24, 2.45) is 0 Å². The molecule has 0 unspecified atom stereocenters. The molecule has 1 aromatic carbocycles. The van der Waals surface area contributed by atoms with Crippen molar-refractivity contribution < 1.29 is 4.79 Å². The number of nitrogens with zero attached hydrogens (tertiary/aromatic N) is 1. The van der Waals surface area contributed by atoms with E-state index in [1.54, 1.807) is 11.3 Å². The number of benzene rings is 1. The monoisotopic (exact) mass is 311 g/mol. The first-order valence-corrected chi connectivity index (χ1v) is 8.10. The van der Waals surface area contributed by atoms with Crippen LogP contribution < -0.4 is 5.32 Å². The zero-order valence-electron chi connectivity index (χ0n) is 12.3. The Morgan fingerprint density at radius 3 is 2.91 bits per heavy atom. The molecule has 0 fully saturated rings. The van der Waals surface area contributed by atoms with Gasteiger partial charge >= 0.3 is 0 Å². The average molecular weight is 311 g/mol. The number of carbonyl (C=O) groups excluding carboxylic acids is 1. The quantitative estimate of drug-likeness (QED) is 0.756. The third-order valence-electron chi connectivity index (χ3n) is 3.49. The number of aromatic nitrogens is 2. The van der Waals surface area contributed by atoms with Gasteiger partial charge in [0.05, 0.1) is 17.1 Å². The summed E-state index contributed by atoms with van der Waals surface area (Å²) >= 11 is 1.65. The molecule has 112 valence electrons. The normalized spacial score (nSPS) is 10.6. The summed E-state index contributed by atoms with van der Waals surface area (Å²) in [6.07, 6.45) is 0.843. The summed E-state index contributed by atoms with van der Waals surface area (Å²) in [5, 5.41) is 12.2. The number of aromatic amines is 1. The molecule has 0 aliphatic carbocycles. The predicted octanol–water partition coefficient (Wildman–Crippen LogP) is 3.63. The number of thiophene rings is 1. The summed E-state index contributed by atoms with van der Waals surface area (Å²) in [5.74, 6) is -0.0512. The maximum atomic E-state index is 12.3. The Labute approximate surface area is 133 Å². The molecule has 0 radical (unpaired) electrons. The average Bonchev–Trinajstić information content (AvgIpc) is 3.23. The molecule has 0 bridgehead atoms. The van der Waals surface area contributed by atoms with Crippen molar-refractivity contribution in [3.05, 3.63) is 64.7 Å². The van der Waals surface area contributed by atoms with Gasteiger partial charge in [0.15, 0.2) is 0 Å². The van der Waals surface area contributed by atoms with Crippen LogP contribution in [0.15, 0.2) is 47.8 Å². The maximum absolute atomic E-state index is 12.3. The largest absolute Gasteiger partial charge is 0.346 e. The molecule has 22 heavy (non-hydrogen) atoms. The highest BCUT2D eigenvalue weighted by molar-refractivity contribution is 7.13. The molecule has 5 heteroatoms. The summed E-state index contributed by atoms with van der Waals surface area (Å²) in [7, 11) is 0. The van der Waals surface area contributed by atoms with Crippen molar-refractivity contribution in [2.45, 2.75) is 19.9 Å². The lowest BCUT2D eigenvalue weighted by molar-refractivity contribution is 0.0949. The fourth-order valence-electron chi connectivity index (χ4n) is 2.32. The smallest absolute Gasteiger partial charge is 0.251 e. The Balaban J connectivity index is 1.66. The van der Waals surface area contributed by atoms with Gasteiger partial charge in [0, 0.05) is 5.56 Å². The molecule has 0 aliphatic rings. The summed E-state index contributed by atoms with van der Waals surface area (Å²) < 4.78 is 0. The number of carbonyl (C=O) groups is 1.